The Morgan fingerprint density at radius 3 is 2.71 bits per heavy atom. The molecule has 2 amide bonds. The lowest BCUT2D eigenvalue weighted by atomic mass is 10.2. The van der Waals surface area contributed by atoms with Crippen molar-refractivity contribution in [3.8, 4) is 5.75 Å². The lowest BCUT2D eigenvalue weighted by Gasteiger charge is -2.32. The topological polar surface area (TPSA) is 71.5 Å². The van der Waals surface area contributed by atoms with E-state index in [4.69, 9.17) is 4.74 Å². The molecule has 0 saturated carbocycles. The first-order chi connectivity index (χ1) is 11.5. The second-order valence-electron chi connectivity index (χ2n) is 5.54. The minimum atomic E-state index is -0.719. The van der Waals surface area contributed by atoms with Crippen LogP contribution in [0.15, 0.2) is 41.0 Å². The van der Waals surface area contributed by atoms with Crippen LogP contribution in [0.2, 0.25) is 0 Å². The van der Waals surface area contributed by atoms with E-state index < -0.39 is 6.04 Å². The molecular formula is C17H16BrN3O3. The molecule has 1 aromatic heterocycles. The van der Waals surface area contributed by atoms with Gasteiger partial charge in [0, 0.05) is 5.69 Å². The van der Waals surface area contributed by atoms with Gasteiger partial charge < -0.3 is 10.1 Å². The molecule has 2 aromatic rings. The highest BCUT2D eigenvalue weighted by Gasteiger charge is 2.34. The number of rotatable bonds is 3. The predicted octanol–water partition coefficient (Wildman–Crippen LogP) is 2.91. The number of aromatic nitrogens is 1. The van der Waals surface area contributed by atoms with Gasteiger partial charge in [0.15, 0.2) is 18.2 Å². The molecule has 1 aliphatic heterocycles. The van der Waals surface area contributed by atoms with Gasteiger partial charge >= 0.3 is 0 Å². The number of hydrogen-bond acceptors (Lipinski definition) is 4. The third-order valence-corrected chi connectivity index (χ3v) is 4.18. The van der Waals surface area contributed by atoms with Crippen LogP contribution in [0, 0.1) is 6.92 Å². The van der Waals surface area contributed by atoms with Crippen LogP contribution in [0.25, 0.3) is 0 Å². The van der Waals surface area contributed by atoms with E-state index >= 15 is 0 Å². The summed E-state index contributed by atoms with van der Waals surface area (Å²) in [6.45, 7) is 3.53. The van der Waals surface area contributed by atoms with Crippen molar-refractivity contribution < 1.29 is 14.3 Å². The highest BCUT2D eigenvalue weighted by molar-refractivity contribution is 9.10. The number of carbonyl (C=O) groups is 2. The Kier molecular flexibility index (Phi) is 4.53. The zero-order chi connectivity index (χ0) is 17.3. The highest BCUT2D eigenvalue weighted by Crippen LogP contribution is 2.32. The summed E-state index contributed by atoms with van der Waals surface area (Å²) in [5, 5.41) is 2.82. The Balaban J connectivity index is 1.84. The Morgan fingerprint density at radius 2 is 2.00 bits per heavy atom. The molecule has 6 nitrogen and oxygen atoms in total. The molecule has 24 heavy (non-hydrogen) atoms. The summed E-state index contributed by atoms with van der Waals surface area (Å²) in [4.78, 5) is 30.5. The molecule has 7 heteroatoms. The van der Waals surface area contributed by atoms with Crippen molar-refractivity contribution in [2.75, 3.05) is 16.8 Å². The highest BCUT2D eigenvalue weighted by atomic mass is 79.9. The van der Waals surface area contributed by atoms with Crippen molar-refractivity contribution >= 4 is 39.2 Å². The van der Waals surface area contributed by atoms with Crippen LogP contribution >= 0.6 is 15.9 Å². The SMILES string of the molecule is Cc1ccc(NC(=O)C(C)N2C(=O)COc3ccc(Br)nc32)cc1. The minimum Gasteiger partial charge on any atom is -0.480 e. The number of benzene rings is 1. The monoisotopic (exact) mass is 389 g/mol. The zero-order valence-electron chi connectivity index (χ0n) is 13.2. The summed E-state index contributed by atoms with van der Waals surface area (Å²) < 4.78 is 5.94. The van der Waals surface area contributed by atoms with Crippen molar-refractivity contribution in [2.24, 2.45) is 0 Å². The molecule has 1 atom stereocenters. The number of aryl methyl sites for hydroxylation is 1. The first kappa shape index (κ1) is 16.4. The van der Waals surface area contributed by atoms with E-state index in [1.807, 2.05) is 31.2 Å². The fraction of sp³-hybridized carbons (Fsp3) is 0.235. The van der Waals surface area contributed by atoms with E-state index in [1.54, 1.807) is 19.1 Å². The molecular weight excluding hydrogens is 374 g/mol. The van der Waals surface area contributed by atoms with Gasteiger partial charge in [-0.2, -0.15) is 0 Å². The molecule has 1 aromatic carbocycles. The van der Waals surface area contributed by atoms with E-state index in [-0.39, 0.29) is 18.4 Å². The third kappa shape index (κ3) is 3.26. The molecule has 0 bridgehead atoms. The fourth-order valence-corrected chi connectivity index (χ4v) is 2.73. The number of carbonyl (C=O) groups excluding carboxylic acids is 2. The molecule has 124 valence electrons. The number of hydrogen-bond donors (Lipinski definition) is 1. The van der Waals surface area contributed by atoms with Crippen LogP contribution in [-0.2, 0) is 9.59 Å². The number of amides is 2. The summed E-state index contributed by atoms with van der Waals surface area (Å²) in [5.74, 6) is 0.224. The van der Waals surface area contributed by atoms with Crippen molar-refractivity contribution in [3.63, 3.8) is 0 Å². The van der Waals surface area contributed by atoms with E-state index in [0.29, 0.717) is 21.9 Å². The van der Waals surface area contributed by atoms with Crippen LogP contribution in [0.1, 0.15) is 12.5 Å². The summed E-state index contributed by atoms with van der Waals surface area (Å²) in [6.07, 6.45) is 0. The summed E-state index contributed by atoms with van der Waals surface area (Å²) >= 11 is 3.28. The van der Waals surface area contributed by atoms with Crippen molar-refractivity contribution in [1.29, 1.82) is 0 Å². The molecule has 1 N–H and O–H groups in total. The van der Waals surface area contributed by atoms with Crippen LogP contribution in [0.5, 0.6) is 5.75 Å². The molecule has 0 aliphatic carbocycles. The maximum atomic E-state index is 12.6. The Labute approximate surface area is 148 Å². The zero-order valence-corrected chi connectivity index (χ0v) is 14.8. The van der Waals surface area contributed by atoms with Crippen LogP contribution < -0.4 is 15.0 Å². The van der Waals surface area contributed by atoms with Gasteiger partial charge in [-0.25, -0.2) is 4.98 Å². The summed E-state index contributed by atoms with van der Waals surface area (Å²) in [5.41, 5.74) is 1.79. The molecule has 0 radical (unpaired) electrons. The van der Waals surface area contributed by atoms with E-state index in [0.717, 1.165) is 5.56 Å². The largest absolute Gasteiger partial charge is 0.480 e. The van der Waals surface area contributed by atoms with Gasteiger partial charge in [-0.15, -0.1) is 0 Å². The smallest absolute Gasteiger partial charge is 0.266 e. The van der Waals surface area contributed by atoms with E-state index in [2.05, 4.69) is 26.2 Å². The average Bonchev–Trinajstić information content (AvgIpc) is 2.56. The minimum absolute atomic E-state index is 0.113. The number of anilines is 2. The number of pyridine rings is 1. The molecule has 1 aliphatic rings. The molecule has 0 fully saturated rings. The molecule has 2 heterocycles. The van der Waals surface area contributed by atoms with Crippen LogP contribution in [0.3, 0.4) is 0 Å². The Hall–Kier alpha value is -2.41. The second-order valence-corrected chi connectivity index (χ2v) is 6.35. The standard InChI is InChI=1S/C17H16BrN3O3/c1-10-3-5-12(6-4-10)19-17(23)11(2)21-15(22)9-24-13-7-8-14(18)20-16(13)21/h3-8,11H,9H2,1-2H3,(H,19,23). The molecule has 3 rings (SSSR count). The Bertz CT molecular complexity index is 792. The average molecular weight is 390 g/mol. The third-order valence-electron chi connectivity index (χ3n) is 3.74. The number of nitrogens with zero attached hydrogens (tertiary/aromatic N) is 2. The molecule has 0 spiro atoms. The maximum Gasteiger partial charge on any atom is 0.266 e. The van der Waals surface area contributed by atoms with Crippen molar-refractivity contribution in [1.82, 2.24) is 4.98 Å². The van der Waals surface area contributed by atoms with Gasteiger partial charge in [0.2, 0.25) is 5.91 Å². The summed E-state index contributed by atoms with van der Waals surface area (Å²) in [6, 6.07) is 10.2. The number of halogens is 1. The fourth-order valence-electron chi connectivity index (χ4n) is 2.43. The van der Waals surface area contributed by atoms with Crippen LogP contribution in [-0.4, -0.2) is 29.4 Å². The predicted molar refractivity (Wildman–Crippen MR) is 94.2 cm³/mol. The van der Waals surface area contributed by atoms with Gasteiger partial charge in [0.05, 0.1) is 0 Å². The maximum absolute atomic E-state index is 12.6. The lowest BCUT2D eigenvalue weighted by Crippen LogP contribution is -2.50. The van der Waals surface area contributed by atoms with E-state index in [1.165, 1.54) is 4.90 Å². The van der Waals surface area contributed by atoms with Crippen LogP contribution in [0.4, 0.5) is 11.5 Å². The van der Waals surface area contributed by atoms with Crippen molar-refractivity contribution in [2.45, 2.75) is 19.9 Å². The number of nitrogens with one attached hydrogen (secondary N) is 1. The Morgan fingerprint density at radius 1 is 1.29 bits per heavy atom. The normalized spacial score (nSPS) is 14.6. The second kappa shape index (κ2) is 6.60. The molecule has 1 unspecified atom stereocenters. The van der Waals surface area contributed by atoms with Gasteiger partial charge in [-0.3, -0.25) is 14.5 Å². The van der Waals surface area contributed by atoms with Crippen molar-refractivity contribution in [3.05, 3.63) is 46.6 Å². The number of fused-ring (bicyclic) bond motifs is 1. The lowest BCUT2D eigenvalue weighted by molar-refractivity contribution is -0.125. The number of ether oxygens (including phenoxy) is 1. The summed E-state index contributed by atoms with van der Waals surface area (Å²) in [7, 11) is 0. The molecule has 0 saturated heterocycles. The first-order valence-corrected chi connectivity index (χ1v) is 8.24. The quantitative estimate of drug-likeness (QED) is 0.819. The van der Waals surface area contributed by atoms with Gasteiger partial charge in [0.25, 0.3) is 5.91 Å². The van der Waals surface area contributed by atoms with E-state index in [9.17, 15) is 9.59 Å². The first-order valence-electron chi connectivity index (χ1n) is 7.44. The van der Waals surface area contributed by atoms with Gasteiger partial charge in [0.1, 0.15) is 10.6 Å². The van der Waals surface area contributed by atoms with Gasteiger partial charge in [-0.05, 0) is 54.0 Å². The van der Waals surface area contributed by atoms with Gasteiger partial charge in [-0.1, -0.05) is 17.7 Å².